The van der Waals surface area contributed by atoms with E-state index < -0.39 is 10.0 Å². The molecular weight excluding hydrogens is 276 g/mol. The smallest absolute Gasteiger partial charge is 0.241 e. The molecule has 0 bridgehead atoms. The lowest BCUT2D eigenvalue weighted by Gasteiger charge is -2.12. The van der Waals surface area contributed by atoms with Crippen LogP contribution >= 0.6 is 0 Å². The first-order valence-electron chi connectivity index (χ1n) is 6.03. The minimum absolute atomic E-state index is 0.0967. The minimum atomic E-state index is -3.61. The molecule has 2 aromatic rings. The number of hydrogen-bond acceptors (Lipinski definition) is 5. The molecule has 0 fully saturated rings. The van der Waals surface area contributed by atoms with Gasteiger partial charge in [0, 0.05) is 11.9 Å². The molecule has 0 amide bonds. The normalized spacial score (nSPS) is 11.5. The van der Waals surface area contributed by atoms with Gasteiger partial charge in [-0.25, -0.2) is 13.1 Å². The standard InChI is InChI=1S/C13H16N4O2S/c1-9-6-11(14)7-10(2)13(9)20(18,19)16-8-12-4-3-5-15-17-12/h3-7,16H,8,14H2,1-2H3. The molecule has 0 atom stereocenters. The first-order valence-corrected chi connectivity index (χ1v) is 7.51. The summed E-state index contributed by atoms with van der Waals surface area (Å²) >= 11 is 0. The zero-order valence-corrected chi connectivity index (χ0v) is 12.1. The number of aromatic nitrogens is 2. The van der Waals surface area contributed by atoms with E-state index in [1.54, 1.807) is 38.1 Å². The van der Waals surface area contributed by atoms with Crippen molar-refractivity contribution in [2.45, 2.75) is 25.3 Å². The Hall–Kier alpha value is -1.99. The third-order valence-corrected chi connectivity index (χ3v) is 4.53. The lowest BCUT2D eigenvalue weighted by molar-refractivity contribution is 0.578. The van der Waals surface area contributed by atoms with E-state index in [1.807, 2.05) is 0 Å². The van der Waals surface area contributed by atoms with Gasteiger partial charge in [0.15, 0.2) is 0 Å². The lowest BCUT2D eigenvalue weighted by Crippen LogP contribution is -2.25. The van der Waals surface area contributed by atoms with E-state index in [4.69, 9.17) is 5.73 Å². The van der Waals surface area contributed by atoms with Gasteiger partial charge >= 0.3 is 0 Å². The molecular formula is C13H16N4O2S. The van der Waals surface area contributed by atoms with E-state index >= 15 is 0 Å². The summed E-state index contributed by atoms with van der Waals surface area (Å²) in [5.74, 6) is 0. The number of benzene rings is 1. The third kappa shape index (κ3) is 3.12. The van der Waals surface area contributed by atoms with Gasteiger partial charge in [-0.05, 0) is 49.2 Å². The summed E-state index contributed by atoms with van der Waals surface area (Å²) in [7, 11) is -3.61. The van der Waals surface area contributed by atoms with Gasteiger partial charge in [0.1, 0.15) is 0 Å². The molecule has 0 saturated heterocycles. The number of aryl methyl sites for hydroxylation is 2. The fourth-order valence-electron chi connectivity index (χ4n) is 2.08. The Morgan fingerprint density at radius 1 is 1.25 bits per heavy atom. The van der Waals surface area contributed by atoms with Gasteiger partial charge in [-0.15, -0.1) is 0 Å². The molecule has 7 heteroatoms. The van der Waals surface area contributed by atoms with Crippen LogP contribution in [0.25, 0.3) is 0 Å². The number of nitrogens with two attached hydrogens (primary N) is 1. The number of nitrogens with one attached hydrogen (secondary N) is 1. The first-order chi connectivity index (χ1) is 9.40. The Bertz CT molecular complexity index is 691. The van der Waals surface area contributed by atoms with E-state index in [0.29, 0.717) is 22.5 Å². The van der Waals surface area contributed by atoms with E-state index in [1.165, 1.54) is 6.20 Å². The van der Waals surface area contributed by atoms with Gasteiger partial charge in [-0.1, -0.05) is 0 Å². The number of nitrogens with zero attached hydrogens (tertiary/aromatic N) is 2. The molecule has 0 aliphatic carbocycles. The summed E-state index contributed by atoms with van der Waals surface area (Å²) in [5, 5.41) is 7.54. The van der Waals surface area contributed by atoms with Crippen LogP contribution in [0.4, 0.5) is 5.69 Å². The Morgan fingerprint density at radius 2 is 1.90 bits per heavy atom. The maximum atomic E-state index is 12.4. The Balaban J connectivity index is 2.28. The Morgan fingerprint density at radius 3 is 2.45 bits per heavy atom. The van der Waals surface area contributed by atoms with Crippen molar-refractivity contribution in [2.24, 2.45) is 0 Å². The topological polar surface area (TPSA) is 98.0 Å². The fraction of sp³-hybridized carbons (Fsp3) is 0.231. The highest BCUT2D eigenvalue weighted by Crippen LogP contribution is 2.22. The summed E-state index contributed by atoms with van der Waals surface area (Å²) in [4.78, 5) is 0.260. The molecule has 1 heterocycles. The van der Waals surface area contributed by atoms with Gasteiger partial charge in [0.25, 0.3) is 0 Å². The van der Waals surface area contributed by atoms with Crippen LogP contribution in [0, 0.1) is 13.8 Å². The molecule has 106 valence electrons. The summed E-state index contributed by atoms with van der Waals surface area (Å²) in [6.45, 7) is 3.54. The predicted octanol–water partition coefficient (Wildman–Crippen LogP) is 1.15. The lowest BCUT2D eigenvalue weighted by atomic mass is 10.1. The highest BCUT2D eigenvalue weighted by atomic mass is 32.2. The maximum absolute atomic E-state index is 12.4. The molecule has 0 spiro atoms. The zero-order chi connectivity index (χ0) is 14.8. The second-order valence-corrected chi connectivity index (χ2v) is 6.23. The van der Waals surface area contributed by atoms with Gasteiger partial charge in [0.2, 0.25) is 10.0 Å². The monoisotopic (exact) mass is 292 g/mol. The molecule has 3 N–H and O–H groups in total. The van der Waals surface area contributed by atoms with Gasteiger partial charge < -0.3 is 5.73 Å². The quantitative estimate of drug-likeness (QED) is 0.824. The molecule has 6 nitrogen and oxygen atoms in total. The SMILES string of the molecule is Cc1cc(N)cc(C)c1S(=O)(=O)NCc1cccnn1. The van der Waals surface area contributed by atoms with Crippen molar-refractivity contribution in [3.05, 3.63) is 47.3 Å². The molecule has 0 radical (unpaired) electrons. The van der Waals surface area contributed by atoms with Crippen molar-refractivity contribution in [2.75, 3.05) is 5.73 Å². The molecule has 1 aromatic heterocycles. The van der Waals surface area contributed by atoms with Crippen LogP contribution in [0.5, 0.6) is 0 Å². The predicted molar refractivity (Wildman–Crippen MR) is 76.4 cm³/mol. The fourth-order valence-corrected chi connectivity index (χ4v) is 3.52. The molecule has 0 aliphatic rings. The number of rotatable bonds is 4. The molecule has 0 aliphatic heterocycles. The van der Waals surface area contributed by atoms with Crippen molar-refractivity contribution in [1.82, 2.24) is 14.9 Å². The second-order valence-electron chi connectivity index (χ2n) is 4.52. The second kappa shape index (κ2) is 5.56. The van der Waals surface area contributed by atoms with E-state index in [-0.39, 0.29) is 11.4 Å². The summed E-state index contributed by atoms with van der Waals surface area (Å²) in [6.07, 6.45) is 1.53. The van der Waals surface area contributed by atoms with Crippen molar-refractivity contribution in [3.63, 3.8) is 0 Å². The average molecular weight is 292 g/mol. The number of sulfonamides is 1. The van der Waals surface area contributed by atoms with Crippen LogP contribution in [-0.4, -0.2) is 18.6 Å². The van der Waals surface area contributed by atoms with Crippen LogP contribution in [0.1, 0.15) is 16.8 Å². The van der Waals surface area contributed by atoms with Crippen molar-refractivity contribution in [3.8, 4) is 0 Å². The highest BCUT2D eigenvalue weighted by molar-refractivity contribution is 7.89. The van der Waals surface area contributed by atoms with Crippen LogP contribution in [0.15, 0.2) is 35.4 Å². The first kappa shape index (κ1) is 14.4. The van der Waals surface area contributed by atoms with Gasteiger partial charge in [0.05, 0.1) is 17.1 Å². The Labute approximate surface area is 118 Å². The number of hydrogen-bond donors (Lipinski definition) is 2. The summed E-state index contributed by atoms with van der Waals surface area (Å²) in [5.41, 5.74) is 8.05. The third-order valence-electron chi connectivity index (χ3n) is 2.82. The summed E-state index contributed by atoms with van der Waals surface area (Å²) < 4.78 is 27.2. The van der Waals surface area contributed by atoms with E-state index in [2.05, 4.69) is 14.9 Å². The maximum Gasteiger partial charge on any atom is 0.241 e. The van der Waals surface area contributed by atoms with Crippen LogP contribution in [0.3, 0.4) is 0 Å². The molecule has 1 aromatic carbocycles. The van der Waals surface area contributed by atoms with E-state index in [9.17, 15) is 8.42 Å². The molecule has 2 rings (SSSR count). The average Bonchev–Trinajstić information content (AvgIpc) is 2.36. The van der Waals surface area contributed by atoms with Crippen LogP contribution in [-0.2, 0) is 16.6 Å². The van der Waals surface area contributed by atoms with Crippen molar-refractivity contribution in [1.29, 1.82) is 0 Å². The van der Waals surface area contributed by atoms with E-state index in [0.717, 1.165) is 0 Å². The van der Waals surface area contributed by atoms with Crippen LogP contribution < -0.4 is 10.5 Å². The van der Waals surface area contributed by atoms with Crippen LogP contribution in [0.2, 0.25) is 0 Å². The molecule has 0 saturated carbocycles. The minimum Gasteiger partial charge on any atom is -0.399 e. The highest BCUT2D eigenvalue weighted by Gasteiger charge is 2.19. The van der Waals surface area contributed by atoms with Crippen molar-refractivity contribution >= 4 is 15.7 Å². The Kier molecular flexibility index (Phi) is 4.01. The molecule has 0 unspecified atom stereocenters. The van der Waals surface area contributed by atoms with Gasteiger partial charge in [-0.3, -0.25) is 0 Å². The largest absolute Gasteiger partial charge is 0.399 e. The van der Waals surface area contributed by atoms with Gasteiger partial charge in [-0.2, -0.15) is 10.2 Å². The number of anilines is 1. The number of nitrogen functional groups attached to an aromatic ring is 1. The molecule has 20 heavy (non-hydrogen) atoms. The zero-order valence-electron chi connectivity index (χ0n) is 11.3. The summed E-state index contributed by atoms with van der Waals surface area (Å²) in [6, 6.07) is 6.70. The van der Waals surface area contributed by atoms with Crippen molar-refractivity contribution < 1.29 is 8.42 Å².